The molecule has 2 N–H and O–H groups in total. The van der Waals surface area contributed by atoms with E-state index in [9.17, 15) is 19.8 Å². The number of aliphatic hydroxyl groups is 1. The van der Waals surface area contributed by atoms with Gasteiger partial charge in [-0.05, 0) is 24.8 Å². The number of carboxylic acid groups (broad SMARTS) is 1. The monoisotopic (exact) mass is 357 g/mol. The molecule has 0 saturated carbocycles. The first-order valence-corrected chi connectivity index (χ1v) is 8.91. The minimum atomic E-state index is -1.10. The van der Waals surface area contributed by atoms with E-state index < -0.39 is 12.1 Å². The molecule has 0 radical (unpaired) electrons. The third-order valence-corrected chi connectivity index (χ3v) is 4.89. The maximum Gasteiger partial charge on any atom is 0.339 e. The summed E-state index contributed by atoms with van der Waals surface area (Å²) >= 11 is 0. The zero-order chi connectivity index (χ0) is 18.7. The molecule has 1 aliphatic rings. The lowest BCUT2D eigenvalue weighted by Gasteiger charge is -2.26. The van der Waals surface area contributed by atoms with E-state index in [1.165, 1.54) is 6.07 Å². The fourth-order valence-electron chi connectivity index (χ4n) is 3.54. The fraction of sp³-hybridized carbons (Fsp3) is 0.400. The second-order valence-electron chi connectivity index (χ2n) is 6.56. The minimum absolute atomic E-state index is 0.0379. The van der Waals surface area contributed by atoms with Gasteiger partial charge in [0.15, 0.2) is 5.76 Å². The lowest BCUT2D eigenvalue weighted by atomic mass is 10.0. The van der Waals surface area contributed by atoms with Gasteiger partial charge in [-0.2, -0.15) is 0 Å². The van der Waals surface area contributed by atoms with Crippen molar-refractivity contribution in [1.82, 2.24) is 4.90 Å². The highest BCUT2D eigenvalue weighted by Gasteiger charge is 2.33. The molecular weight excluding hydrogens is 334 g/mol. The quantitative estimate of drug-likeness (QED) is 0.828. The number of furan rings is 1. The second kappa shape index (κ2) is 7.74. The number of benzene rings is 1. The van der Waals surface area contributed by atoms with Gasteiger partial charge in [-0.1, -0.05) is 37.3 Å². The summed E-state index contributed by atoms with van der Waals surface area (Å²) in [5.74, 6) is -1.04. The molecule has 2 aromatic rings. The Kier molecular flexibility index (Phi) is 5.42. The number of rotatable bonds is 6. The number of amides is 1. The molecule has 1 amide bonds. The Hall–Kier alpha value is -2.60. The summed E-state index contributed by atoms with van der Waals surface area (Å²) in [6, 6.07) is 10.6. The normalized spacial score (nSPS) is 18.1. The molecule has 138 valence electrons. The largest absolute Gasteiger partial charge is 0.478 e. The number of hydrogen-bond acceptors (Lipinski definition) is 4. The topological polar surface area (TPSA) is 91.0 Å². The van der Waals surface area contributed by atoms with Crippen molar-refractivity contribution in [1.29, 1.82) is 0 Å². The molecule has 3 rings (SSSR count). The van der Waals surface area contributed by atoms with E-state index in [1.807, 2.05) is 30.3 Å². The van der Waals surface area contributed by atoms with Crippen LogP contribution < -0.4 is 0 Å². The van der Waals surface area contributed by atoms with Crippen LogP contribution in [-0.4, -0.2) is 39.6 Å². The van der Waals surface area contributed by atoms with Crippen LogP contribution in [0.2, 0.25) is 0 Å². The van der Waals surface area contributed by atoms with E-state index in [0.717, 1.165) is 18.4 Å². The number of carbonyl (C=O) groups excluding carboxylic acids is 1. The molecule has 0 bridgehead atoms. The number of carboxylic acids is 1. The zero-order valence-electron chi connectivity index (χ0n) is 14.7. The van der Waals surface area contributed by atoms with Gasteiger partial charge in [-0.25, -0.2) is 4.79 Å². The molecule has 2 unspecified atom stereocenters. The van der Waals surface area contributed by atoms with Crippen molar-refractivity contribution >= 4 is 11.9 Å². The number of aliphatic hydroxyl groups excluding tert-OH is 1. The number of aromatic carboxylic acids is 1. The third kappa shape index (κ3) is 3.65. The number of hydrogen-bond donors (Lipinski definition) is 2. The Morgan fingerprint density at radius 3 is 2.65 bits per heavy atom. The van der Waals surface area contributed by atoms with E-state index in [-0.39, 0.29) is 23.3 Å². The van der Waals surface area contributed by atoms with Crippen LogP contribution in [0.5, 0.6) is 0 Å². The fourth-order valence-corrected chi connectivity index (χ4v) is 3.54. The van der Waals surface area contributed by atoms with Crippen molar-refractivity contribution < 1.29 is 24.2 Å². The van der Waals surface area contributed by atoms with Gasteiger partial charge in [0.25, 0.3) is 5.91 Å². The zero-order valence-corrected chi connectivity index (χ0v) is 14.7. The molecule has 0 spiro atoms. The molecule has 2 heterocycles. The number of nitrogens with zero attached hydrogens (tertiary/aromatic N) is 1. The lowest BCUT2D eigenvalue weighted by Crippen LogP contribution is -2.36. The molecule has 0 aliphatic carbocycles. The van der Waals surface area contributed by atoms with E-state index in [0.29, 0.717) is 25.1 Å². The standard InChI is InChI=1S/C20H23NO5/c1-2-17-15(20(24)25)12-18(26-17)19(23)21-10-6-9-14(21)11-16(22)13-7-4-3-5-8-13/h3-5,7-8,12,14,16,22H,2,6,9-11H2,1H3,(H,24,25). The number of aryl methyl sites for hydroxylation is 1. The predicted molar refractivity (Wildman–Crippen MR) is 95.1 cm³/mol. The Bertz CT molecular complexity index is 783. The van der Waals surface area contributed by atoms with Gasteiger partial charge in [-0.3, -0.25) is 4.79 Å². The van der Waals surface area contributed by atoms with Gasteiger partial charge in [0, 0.05) is 25.1 Å². The van der Waals surface area contributed by atoms with E-state index >= 15 is 0 Å². The Morgan fingerprint density at radius 1 is 1.31 bits per heavy atom. The molecule has 1 aliphatic heterocycles. The van der Waals surface area contributed by atoms with E-state index in [4.69, 9.17) is 4.42 Å². The van der Waals surface area contributed by atoms with E-state index in [2.05, 4.69) is 0 Å². The smallest absolute Gasteiger partial charge is 0.339 e. The van der Waals surface area contributed by atoms with Gasteiger partial charge < -0.3 is 19.5 Å². The molecule has 1 aromatic carbocycles. The maximum atomic E-state index is 12.8. The minimum Gasteiger partial charge on any atom is -0.478 e. The summed E-state index contributed by atoms with van der Waals surface area (Å²) in [7, 11) is 0. The van der Waals surface area contributed by atoms with Crippen LogP contribution in [0, 0.1) is 0 Å². The Morgan fingerprint density at radius 2 is 2.04 bits per heavy atom. The highest BCUT2D eigenvalue weighted by molar-refractivity contribution is 5.96. The molecule has 1 aromatic heterocycles. The highest BCUT2D eigenvalue weighted by Crippen LogP contribution is 2.29. The van der Waals surface area contributed by atoms with Crippen LogP contribution in [0.1, 0.15) is 64.5 Å². The van der Waals surface area contributed by atoms with Gasteiger partial charge in [-0.15, -0.1) is 0 Å². The van der Waals surface area contributed by atoms with Crippen molar-refractivity contribution in [3.8, 4) is 0 Å². The summed E-state index contributed by atoms with van der Waals surface area (Å²) in [5.41, 5.74) is 0.863. The maximum absolute atomic E-state index is 12.8. The van der Waals surface area contributed by atoms with Crippen LogP contribution in [0.3, 0.4) is 0 Å². The molecule has 6 heteroatoms. The van der Waals surface area contributed by atoms with Crippen molar-refractivity contribution in [2.75, 3.05) is 6.54 Å². The van der Waals surface area contributed by atoms with Gasteiger partial charge in [0.05, 0.1) is 6.10 Å². The SMILES string of the molecule is CCc1oc(C(=O)N2CCCC2CC(O)c2ccccc2)cc1C(=O)O. The summed E-state index contributed by atoms with van der Waals surface area (Å²) in [6.45, 7) is 2.37. The van der Waals surface area contributed by atoms with E-state index in [1.54, 1.807) is 11.8 Å². The molecule has 1 fully saturated rings. The number of carbonyl (C=O) groups is 2. The molecule has 1 saturated heterocycles. The van der Waals surface area contributed by atoms with Crippen LogP contribution in [-0.2, 0) is 6.42 Å². The van der Waals surface area contributed by atoms with Crippen molar-refractivity contribution in [3.63, 3.8) is 0 Å². The summed E-state index contributed by atoms with van der Waals surface area (Å²) in [5, 5.41) is 19.7. The molecule has 2 atom stereocenters. The van der Waals surface area contributed by atoms with Crippen molar-refractivity contribution in [3.05, 3.63) is 59.0 Å². The highest BCUT2D eigenvalue weighted by atomic mass is 16.4. The molecule has 6 nitrogen and oxygen atoms in total. The first kappa shape index (κ1) is 18.2. The second-order valence-corrected chi connectivity index (χ2v) is 6.56. The van der Waals surface area contributed by atoms with Crippen LogP contribution in [0.4, 0.5) is 0 Å². The lowest BCUT2D eigenvalue weighted by molar-refractivity contribution is 0.0633. The van der Waals surface area contributed by atoms with Crippen LogP contribution in [0.25, 0.3) is 0 Å². The first-order valence-electron chi connectivity index (χ1n) is 8.91. The average molecular weight is 357 g/mol. The number of likely N-dealkylation sites (tertiary alicyclic amines) is 1. The molecular formula is C20H23NO5. The Balaban J connectivity index is 1.75. The summed E-state index contributed by atoms with van der Waals surface area (Å²) in [4.78, 5) is 25.8. The van der Waals surface area contributed by atoms with Crippen molar-refractivity contribution in [2.45, 2.75) is 44.8 Å². The first-order chi connectivity index (χ1) is 12.5. The van der Waals surface area contributed by atoms with Gasteiger partial charge in [0.2, 0.25) is 0 Å². The third-order valence-electron chi connectivity index (χ3n) is 4.89. The molecule has 26 heavy (non-hydrogen) atoms. The van der Waals surface area contributed by atoms with Crippen molar-refractivity contribution in [2.24, 2.45) is 0 Å². The van der Waals surface area contributed by atoms with Gasteiger partial charge in [0.1, 0.15) is 11.3 Å². The average Bonchev–Trinajstić information content (AvgIpc) is 3.28. The summed E-state index contributed by atoms with van der Waals surface area (Å²) < 4.78 is 5.50. The Labute approximate surface area is 152 Å². The van der Waals surface area contributed by atoms with Crippen LogP contribution in [0.15, 0.2) is 40.8 Å². The predicted octanol–water partition coefficient (Wildman–Crippen LogP) is 3.27. The van der Waals surface area contributed by atoms with Crippen LogP contribution >= 0.6 is 0 Å². The van der Waals surface area contributed by atoms with Gasteiger partial charge >= 0.3 is 5.97 Å². The summed E-state index contributed by atoms with van der Waals surface area (Å²) in [6.07, 6.45) is 1.87.